The first-order chi connectivity index (χ1) is 15.9. The molecule has 1 aliphatic rings. The number of carboxylic acid groups (broad SMARTS) is 1. The number of rotatable bonds is 7. The molecule has 1 amide bonds. The van der Waals surface area contributed by atoms with Gasteiger partial charge in [0.1, 0.15) is 0 Å². The molecule has 1 atom stereocenters. The summed E-state index contributed by atoms with van der Waals surface area (Å²) >= 11 is 6.13. The van der Waals surface area contributed by atoms with Gasteiger partial charge in [0.05, 0.1) is 31.2 Å². The van der Waals surface area contributed by atoms with Gasteiger partial charge in [0.2, 0.25) is 5.91 Å². The number of amides is 1. The predicted molar refractivity (Wildman–Crippen MR) is 127 cm³/mol. The van der Waals surface area contributed by atoms with Gasteiger partial charge in [-0.2, -0.15) is 0 Å². The van der Waals surface area contributed by atoms with Gasteiger partial charge in [-0.15, -0.1) is 0 Å². The van der Waals surface area contributed by atoms with Gasteiger partial charge >= 0.3 is 5.97 Å². The van der Waals surface area contributed by atoms with E-state index in [1.54, 1.807) is 29.2 Å². The van der Waals surface area contributed by atoms with Crippen LogP contribution in [0.5, 0.6) is 11.5 Å². The maximum Gasteiger partial charge on any atom is 0.335 e. The number of hydrogen-bond donors (Lipinski definition) is 1. The molecule has 1 heterocycles. The second kappa shape index (κ2) is 9.55. The number of anilines is 1. The van der Waals surface area contributed by atoms with E-state index in [0.29, 0.717) is 35.4 Å². The second-order valence-corrected chi connectivity index (χ2v) is 8.05. The predicted octanol–water partition coefficient (Wildman–Crippen LogP) is 5.51. The molecule has 33 heavy (non-hydrogen) atoms. The number of aromatic carboxylic acids is 1. The third kappa shape index (κ3) is 4.52. The Morgan fingerprint density at radius 1 is 1.03 bits per heavy atom. The normalized spacial score (nSPS) is 15.2. The summed E-state index contributed by atoms with van der Waals surface area (Å²) in [7, 11) is 0. The minimum absolute atomic E-state index is 0.114. The van der Waals surface area contributed by atoms with E-state index in [-0.39, 0.29) is 17.9 Å². The average molecular weight is 466 g/mol. The zero-order valence-corrected chi connectivity index (χ0v) is 19.1. The standard InChI is InChI=1S/C26H24ClNO5/c1-3-32-22-13-18-14-24(29)28(20-7-5-6-17(12-20)26(30)31)25(16-8-10-19(27)11-9-16)21(18)15-23(22)33-4-2/h5-13,15,25H,3-4,14H2,1-2H3,(H,30,31)/t25-/m0/s1. The number of halogens is 1. The molecule has 4 rings (SSSR count). The summed E-state index contributed by atoms with van der Waals surface area (Å²) in [6, 6.07) is 17.0. The van der Waals surface area contributed by atoms with Crippen LogP contribution >= 0.6 is 11.6 Å². The van der Waals surface area contributed by atoms with Crippen LogP contribution in [-0.2, 0) is 11.2 Å². The van der Waals surface area contributed by atoms with E-state index in [1.807, 2.05) is 38.1 Å². The Balaban J connectivity index is 1.93. The monoisotopic (exact) mass is 465 g/mol. The molecule has 3 aromatic carbocycles. The van der Waals surface area contributed by atoms with Crippen molar-refractivity contribution in [3.8, 4) is 11.5 Å². The first-order valence-corrected chi connectivity index (χ1v) is 11.1. The first kappa shape index (κ1) is 22.7. The van der Waals surface area contributed by atoms with Crippen LogP contribution in [0.3, 0.4) is 0 Å². The molecule has 1 aliphatic heterocycles. The zero-order valence-electron chi connectivity index (χ0n) is 18.4. The summed E-state index contributed by atoms with van der Waals surface area (Å²) in [5.41, 5.74) is 3.21. The molecule has 170 valence electrons. The summed E-state index contributed by atoms with van der Waals surface area (Å²) in [6.07, 6.45) is 0.156. The Morgan fingerprint density at radius 2 is 1.70 bits per heavy atom. The van der Waals surface area contributed by atoms with E-state index in [0.717, 1.165) is 16.7 Å². The smallest absolute Gasteiger partial charge is 0.335 e. The minimum atomic E-state index is -1.05. The summed E-state index contributed by atoms with van der Waals surface area (Å²) in [4.78, 5) is 26.7. The van der Waals surface area contributed by atoms with Crippen LogP contribution in [0, 0.1) is 0 Å². The lowest BCUT2D eigenvalue weighted by molar-refractivity contribution is -0.118. The van der Waals surface area contributed by atoms with Crippen molar-refractivity contribution in [2.45, 2.75) is 26.3 Å². The van der Waals surface area contributed by atoms with Crippen LogP contribution in [-0.4, -0.2) is 30.2 Å². The largest absolute Gasteiger partial charge is 0.490 e. The van der Waals surface area contributed by atoms with Crippen molar-refractivity contribution in [2.24, 2.45) is 0 Å². The number of nitrogens with zero attached hydrogens (tertiary/aromatic N) is 1. The van der Waals surface area contributed by atoms with Crippen molar-refractivity contribution in [2.75, 3.05) is 18.1 Å². The molecule has 0 bridgehead atoms. The number of carbonyl (C=O) groups excluding carboxylic acids is 1. The minimum Gasteiger partial charge on any atom is -0.490 e. The summed E-state index contributed by atoms with van der Waals surface area (Å²) < 4.78 is 11.6. The summed E-state index contributed by atoms with van der Waals surface area (Å²) in [5, 5.41) is 10.1. The van der Waals surface area contributed by atoms with Gasteiger partial charge in [0, 0.05) is 10.7 Å². The Hall–Kier alpha value is -3.51. The number of ether oxygens (including phenoxy) is 2. The van der Waals surface area contributed by atoms with Crippen molar-refractivity contribution in [1.29, 1.82) is 0 Å². The third-order valence-electron chi connectivity index (χ3n) is 5.53. The van der Waals surface area contributed by atoms with Crippen LogP contribution in [0.15, 0.2) is 60.7 Å². The Bertz CT molecular complexity index is 1190. The fourth-order valence-electron chi connectivity index (χ4n) is 4.15. The van der Waals surface area contributed by atoms with E-state index < -0.39 is 12.0 Å². The van der Waals surface area contributed by atoms with Crippen LogP contribution in [0.2, 0.25) is 5.02 Å². The van der Waals surface area contributed by atoms with Gasteiger partial charge in [-0.05, 0) is 73.0 Å². The zero-order chi connectivity index (χ0) is 23.5. The molecule has 0 saturated carbocycles. The highest BCUT2D eigenvalue weighted by atomic mass is 35.5. The van der Waals surface area contributed by atoms with Gasteiger partial charge in [-0.25, -0.2) is 4.79 Å². The SMILES string of the molecule is CCOc1cc2c(cc1OCC)[C@H](c1ccc(Cl)cc1)N(c1cccc(C(=O)O)c1)C(=O)C2. The van der Waals surface area contributed by atoms with E-state index in [1.165, 1.54) is 12.1 Å². The average Bonchev–Trinajstić information content (AvgIpc) is 2.80. The molecule has 0 saturated heterocycles. The lowest BCUT2D eigenvalue weighted by Crippen LogP contribution is -2.41. The quantitative estimate of drug-likeness (QED) is 0.497. The van der Waals surface area contributed by atoms with Gasteiger partial charge in [-0.3, -0.25) is 4.79 Å². The van der Waals surface area contributed by atoms with Gasteiger partial charge in [0.25, 0.3) is 0 Å². The Morgan fingerprint density at radius 3 is 2.33 bits per heavy atom. The molecule has 0 unspecified atom stereocenters. The number of carboxylic acids is 1. The molecule has 1 N–H and O–H groups in total. The van der Waals surface area contributed by atoms with Crippen molar-refractivity contribution in [1.82, 2.24) is 0 Å². The summed E-state index contributed by atoms with van der Waals surface area (Å²) in [6.45, 7) is 4.74. The number of hydrogen-bond acceptors (Lipinski definition) is 4. The van der Waals surface area contributed by atoms with Crippen LogP contribution in [0.4, 0.5) is 5.69 Å². The van der Waals surface area contributed by atoms with Crippen molar-refractivity contribution in [3.05, 3.63) is 87.9 Å². The van der Waals surface area contributed by atoms with E-state index >= 15 is 0 Å². The van der Waals surface area contributed by atoms with E-state index in [4.69, 9.17) is 21.1 Å². The van der Waals surface area contributed by atoms with Crippen LogP contribution < -0.4 is 14.4 Å². The second-order valence-electron chi connectivity index (χ2n) is 7.61. The third-order valence-corrected chi connectivity index (χ3v) is 5.78. The maximum absolute atomic E-state index is 13.4. The summed E-state index contributed by atoms with van der Waals surface area (Å²) in [5.74, 6) is 0.00840. The fourth-order valence-corrected chi connectivity index (χ4v) is 4.27. The Kier molecular flexibility index (Phi) is 6.56. The Labute approximate surface area is 197 Å². The number of benzene rings is 3. The van der Waals surface area contributed by atoms with Crippen molar-refractivity contribution >= 4 is 29.2 Å². The highest BCUT2D eigenvalue weighted by molar-refractivity contribution is 6.30. The van der Waals surface area contributed by atoms with Crippen molar-refractivity contribution in [3.63, 3.8) is 0 Å². The van der Waals surface area contributed by atoms with E-state index in [2.05, 4.69) is 0 Å². The van der Waals surface area contributed by atoms with Gasteiger partial charge < -0.3 is 19.5 Å². The van der Waals surface area contributed by atoms with Gasteiger partial charge in [0.15, 0.2) is 11.5 Å². The molecule has 0 spiro atoms. The lowest BCUT2D eigenvalue weighted by atomic mass is 9.86. The number of carbonyl (C=O) groups is 2. The van der Waals surface area contributed by atoms with Gasteiger partial charge in [-0.1, -0.05) is 29.8 Å². The molecular formula is C26H24ClNO5. The molecule has 0 aromatic heterocycles. The molecule has 0 aliphatic carbocycles. The lowest BCUT2D eigenvalue weighted by Gasteiger charge is -2.38. The first-order valence-electron chi connectivity index (χ1n) is 10.8. The maximum atomic E-state index is 13.4. The van der Waals surface area contributed by atoms with Crippen molar-refractivity contribution < 1.29 is 24.2 Å². The molecular weight excluding hydrogens is 442 g/mol. The fraction of sp³-hybridized carbons (Fsp3) is 0.231. The highest BCUT2D eigenvalue weighted by Crippen LogP contribution is 2.43. The topological polar surface area (TPSA) is 76.1 Å². The molecule has 6 nitrogen and oxygen atoms in total. The molecule has 0 radical (unpaired) electrons. The molecule has 7 heteroatoms. The number of fused-ring (bicyclic) bond motifs is 1. The molecule has 3 aromatic rings. The van der Waals surface area contributed by atoms with E-state index in [9.17, 15) is 14.7 Å². The highest BCUT2D eigenvalue weighted by Gasteiger charge is 2.36. The molecule has 0 fully saturated rings. The van der Waals surface area contributed by atoms with Crippen LogP contribution in [0.25, 0.3) is 0 Å². The van der Waals surface area contributed by atoms with Crippen LogP contribution in [0.1, 0.15) is 46.9 Å².